The Hall–Kier alpha value is -1.47. The molecule has 0 saturated carbocycles. The smallest absolute Gasteiger partial charge is 0.220 e. The zero-order chi connectivity index (χ0) is 58.3. The van der Waals surface area contributed by atoms with E-state index in [2.05, 4.69) is 19.2 Å². The molecule has 0 bridgehead atoms. The molecule has 472 valence electrons. The van der Waals surface area contributed by atoms with Crippen LogP contribution in [0.25, 0.3) is 0 Å². The molecule has 3 aliphatic rings. The molecule has 80 heavy (non-hydrogen) atoms. The molecule has 0 radical (unpaired) electrons. The van der Waals surface area contributed by atoms with Gasteiger partial charge in [-0.3, -0.25) is 4.79 Å². The van der Waals surface area contributed by atoms with Gasteiger partial charge < -0.3 is 89.9 Å². The van der Waals surface area contributed by atoms with Crippen LogP contribution in [0.15, 0.2) is 12.2 Å². The lowest BCUT2D eigenvalue weighted by Gasteiger charge is -2.48. The van der Waals surface area contributed by atoms with Gasteiger partial charge in [-0.25, -0.2) is 0 Å². The van der Waals surface area contributed by atoms with Crippen LogP contribution in [0.4, 0.5) is 0 Å². The lowest BCUT2D eigenvalue weighted by molar-refractivity contribution is -0.379. The summed E-state index contributed by atoms with van der Waals surface area (Å²) in [6.07, 6.45) is 19.9. The highest BCUT2D eigenvalue weighted by Crippen LogP contribution is 2.33. The fraction of sp³-hybridized carbons (Fsp3) is 0.951. The molecule has 17 unspecified atom stereocenters. The van der Waals surface area contributed by atoms with E-state index in [-0.39, 0.29) is 18.9 Å². The first-order valence-electron chi connectivity index (χ1n) is 31.9. The van der Waals surface area contributed by atoms with E-state index in [1.807, 2.05) is 6.08 Å². The minimum absolute atomic E-state index is 0.243. The van der Waals surface area contributed by atoms with Crippen molar-refractivity contribution in [2.24, 2.45) is 0 Å². The molecule has 0 aromatic carbocycles. The second-order valence-electron chi connectivity index (χ2n) is 23.2. The van der Waals surface area contributed by atoms with E-state index in [0.29, 0.717) is 6.42 Å². The molecule has 3 fully saturated rings. The zero-order valence-electron chi connectivity index (χ0n) is 49.3. The highest BCUT2D eigenvalue weighted by atomic mass is 16.8. The summed E-state index contributed by atoms with van der Waals surface area (Å²) < 4.78 is 34.1. The first kappa shape index (κ1) is 72.8. The van der Waals surface area contributed by atoms with E-state index >= 15 is 0 Å². The average molecular weight is 1150 g/mol. The van der Waals surface area contributed by atoms with Crippen molar-refractivity contribution in [1.82, 2.24) is 5.32 Å². The normalized spacial score (nSPS) is 30.0. The maximum atomic E-state index is 13.1. The van der Waals surface area contributed by atoms with Crippen molar-refractivity contribution in [1.29, 1.82) is 0 Å². The fourth-order valence-electron chi connectivity index (χ4n) is 11.1. The second-order valence-corrected chi connectivity index (χ2v) is 23.2. The van der Waals surface area contributed by atoms with Crippen molar-refractivity contribution in [3.63, 3.8) is 0 Å². The van der Waals surface area contributed by atoms with E-state index in [1.54, 1.807) is 6.08 Å². The Morgan fingerprint density at radius 1 is 0.438 bits per heavy atom. The number of amides is 1. The lowest BCUT2D eigenvalue weighted by Crippen LogP contribution is -2.66. The molecule has 3 rings (SSSR count). The molecule has 1 amide bonds. The van der Waals surface area contributed by atoms with E-state index < -0.39 is 124 Å². The number of aliphatic hydroxyl groups is 11. The average Bonchev–Trinajstić information content (AvgIpc) is 3.58. The van der Waals surface area contributed by atoms with Crippen molar-refractivity contribution in [2.75, 3.05) is 26.4 Å². The van der Waals surface area contributed by atoms with Gasteiger partial charge in [-0.15, -0.1) is 0 Å². The number of aliphatic hydroxyl groups excluding tert-OH is 11. The maximum absolute atomic E-state index is 13.1. The van der Waals surface area contributed by atoms with Crippen LogP contribution >= 0.6 is 0 Å². The van der Waals surface area contributed by atoms with Gasteiger partial charge in [-0.2, -0.15) is 0 Å². The van der Waals surface area contributed by atoms with Crippen LogP contribution in [0.3, 0.4) is 0 Å². The Kier molecular flexibility index (Phi) is 40.9. The van der Waals surface area contributed by atoms with Crippen molar-refractivity contribution in [2.45, 2.75) is 343 Å². The summed E-state index contributed by atoms with van der Waals surface area (Å²) in [6, 6.07) is -0.965. The Morgan fingerprint density at radius 2 is 0.775 bits per heavy atom. The van der Waals surface area contributed by atoms with Crippen molar-refractivity contribution < 1.29 is 89.4 Å². The molecule has 3 saturated heterocycles. The van der Waals surface area contributed by atoms with Gasteiger partial charge >= 0.3 is 0 Å². The van der Waals surface area contributed by atoms with E-state index in [1.165, 1.54) is 154 Å². The van der Waals surface area contributed by atoms with Gasteiger partial charge in [0.25, 0.3) is 0 Å². The summed E-state index contributed by atoms with van der Waals surface area (Å²) in [6.45, 7) is 1.66. The molecule has 0 aliphatic carbocycles. The molecule has 0 aromatic heterocycles. The highest BCUT2D eigenvalue weighted by Gasteiger charge is 2.53. The molecule has 19 nitrogen and oxygen atoms in total. The second kappa shape index (κ2) is 44.9. The summed E-state index contributed by atoms with van der Waals surface area (Å²) in [4.78, 5) is 13.1. The number of unbranched alkanes of at least 4 members (excludes halogenated alkanes) is 32. The molecular weight excluding hydrogens is 1030 g/mol. The van der Waals surface area contributed by atoms with Crippen molar-refractivity contribution >= 4 is 5.91 Å². The number of allylic oxidation sites excluding steroid dienone is 1. The van der Waals surface area contributed by atoms with E-state index in [4.69, 9.17) is 28.4 Å². The number of hydrogen-bond donors (Lipinski definition) is 12. The van der Waals surface area contributed by atoms with Gasteiger partial charge in [-0.05, 0) is 19.3 Å². The van der Waals surface area contributed by atoms with Crippen LogP contribution in [-0.4, -0.2) is 193 Å². The largest absolute Gasteiger partial charge is 0.394 e. The summed E-state index contributed by atoms with van der Waals surface area (Å²) in [5, 5.41) is 120. The molecule has 12 N–H and O–H groups in total. The minimum Gasteiger partial charge on any atom is -0.394 e. The number of carbonyl (C=O) groups is 1. The Bertz CT molecular complexity index is 1510. The predicted molar refractivity (Wildman–Crippen MR) is 305 cm³/mol. The highest BCUT2D eigenvalue weighted by molar-refractivity contribution is 5.76. The molecule has 0 aromatic rings. The molecule has 19 heteroatoms. The lowest BCUT2D eigenvalue weighted by atomic mass is 9.96. The van der Waals surface area contributed by atoms with Crippen LogP contribution in [0.2, 0.25) is 0 Å². The number of carbonyl (C=O) groups excluding carboxylic acids is 1. The third-order valence-electron chi connectivity index (χ3n) is 16.3. The molecule has 0 spiro atoms. The van der Waals surface area contributed by atoms with Gasteiger partial charge in [0.1, 0.15) is 73.2 Å². The van der Waals surface area contributed by atoms with Gasteiger partial charge in [0.2, 0.25) is 5.91 Å². The van der Waals surface area contributed by atoms with Gasteiger partial charge in [0.15, 0.2) is 18.9 Å². The summed E-state index contributed by atoms with van der Waals surface area (Å²) >= 11 is 0. The van der Waals surface area contributed by atoms with Crippen LogP contribution in [0, 0.1) is 0 Å². The monoisotopic (exact) mass is 1150 g/mol. The standard InChI is InChI=1S/C61H115NO18/c1-3-5-7-9-11-12-13-14-15-16-17-18-19-20-21-22-23-24-25-26-27-28-29-30-31-32-33-34-36-38-45(66)44(62-49(67)39-37-35-10-8-6-4-2)43-75-59-55(73)52(70)57(47(41-64)77-59)80-61-56(74)53(71)58(48(42-65)78-61)79-60-54(72)51(69)50(68)46(40-63)76-60/h36,38,44-48,50-61,63-66,68-74H,3-35,37,39-43H2,1-2H3,(H,62,67)/b38-36+. The Labute approximate surface area is 480 Å². The first-order valence-corrected chi connectivity index (χ1v) is 31.9. The van der Waals surface area contributed by atoms with Gasteiger partial charge in [0, 0.05) is 6.42 Å². The first-order chi connectivity index (χ1) is 38.8. The van der Waals surface area contributed by atoms with Crippen molar-refractivity contribution in [3.8, 4) is 0 Å². The molecular formula is C61H115NO18. The van der Waals surface area contributed by atoms with Crippen LogP contribution < -0.4 is 5.32 Å². The number of hydrogen-bond acceptors (Lipinski definition) is 18. The van der Waals surface area contributed by atoms with Crippen molar-refractivity contribution in [3.05, 3.63) is 12.2 Å². The van der Waals surface area contributed by atoms with E-state index in [0.717, 1.165) is 57.8 Å². The molecule has 17 atom stereocenters. The SMILES string of the molecule is CCCCCCCCCCCCCCCCCCCCCCCCCCCCC/C=C/C(O)C(COC1OC(CO)C(OC2OC(CO)C(OC3OC(CO)C(O)C(O)C3O)C(O)C2O)C(O)C1O)NC(=O)CCCCCCCC. The maximum Gasteiger partial charge on any atom is 0.220 e. The summed E-state index contributed by atoms with van der Waals surface area (Å²) in [5.41, 5.74) is 0. The molecule has 3 heterocycles. The quantitative estimate of drug-likeness (QED) is 0.0227. The van der Waals surface area contributed by atoms with Gasteiger partial charge in [-0.1, -0.05) is 225 Å². The third-order valence-corrected chi connectivity index (χ3v) is 16.3. The molecule has 3 aliphatic heterocycles. The van der Waals surface area contributed by atoms with Crippen LogP contribution in [-0.2, 0) is 33.2 Å². The minimum atomic E-state index is -1.97. The third kappa shape index (κ3) is 28.2. The van der Waals surface area contributed by atoms with Gasteiger partial charge in [0.05, 0.1) is 38.6 Å². The predicted octanol–water partition coefficient (Wildman–Crippen LogP) is 6.55. The van der Waals surface area contributed by atoms with Crippen LogP contribution in [0.5, 0.6) is 0 Å². The Morgan fingerprint density at radius 3 is 1.18 bits per heavy atom. The fourth-order valence-corrected chi connectivity index (χ4v) is 11.1. The Balaban J connectivity index is 1.36. The zero-order valence-corrected chi connectivity index (χ0v) is 49.3. The number of ether oxygens (including phenoxy) is 6. The number of rotatable bonds is 48. The van der Waals surface area contributed by atoms with Crippen LogP contribution in [0.1, 0.15) is 239 Å². The summed E-state index contributed by atoms with van der Waals surface area (Å²) in [7, 11) is 0. The topological polar surface area (TPSA) is 307 Å². The summed E-state index contributed by atoms with van der Waals surface area (Å²) in [5.74, 6) is -0.283. The van der Waals surface area contributed by atoms with E-state index in [9.17, 15) is 61.0 Å². The number of nitrogens with one attached hydrogen (secondary N) is 1.